The molecule has 5 nitrogen and oxygen atoms in total. The Labute approximate surface area is 109 Å². The second-order valence-corrected chi connectivity index (χ2v) is 4.82. The van der Waals surface area contributed by atoms with Crippen LogP contribution < -0.4 is 5.32 Å². The van der Waals surface area contributed by atoms with E-state index >= 15 is 0 Å². The molecule has 0 aromatic heterocycles. The molecule has 0 radical (unpaired) electrons. The SMILES string of the molecule is CCCCCC[C@@](C)(NC(=O)[C@H](C)OC)C(=O)O. The van der Waals surface area contributed by atoms with Crippen LogP contribution in [-0.4, -0.2) is 35.7 Å². The maximum atomic E-state index is 11.7. The van der Waals surface area contributed by atoms with Gasteiger partial charge < -0.3 is 15.2 Å². The van der Waals surface area contributed by atoms with Crippen molar-refractivity contribution in [2.45, 2.75) is 64.5 Å². The van der Waals surface area contributed by atoms with E-state index in [0.29, 0.717) is 6.42 Å². The zero-order valence-electron chi connectivity index (χ0n) is 11.8. The predicted molar refractivity (Wildman–Crippen MR) is 69.4 cm³/mol. The van der Waals surface area contributed by atoms with Gasteiger partial charge in [-0.15, -0.1) is 0 Å². The van der Waals surface area contributed by atoms with Gasteiger partial charge in [-0.2, -0.15) is 0 Å². The monoisotopic (exact) mass is 259 g/mol. The fourth-order valence-corrected chi connectivity index (χ4v) is 1.61. The fraction of sp³-hybridized carbons (Fsp3) is 0.846. The van der Waals surface area contributed by atoms with Crippen molar-refractivity contribution in [3.8, 4) is 0 Å². The molecule has 0 unspecified atom stereocenters. The van der Waals surface area contributed by atoms with E-state index in [1.54, 1.807) is 13.8 Å². The van der Waals surface area contributed by atoms with Crippen molar-refractivity contribution in [1.82, 2.24) is 5.32 Å². The summed E-state index contributed by atoms with van der Waals surface area (Å²) in [5.41, 5.74) is -1.21. The van der Waals surface area contributed by atoms with Crippen LogP contribution in [0.1, 0.15) is 52.9 Å². The van der Waals surface area contributed by atoms with Crippen LogP contribution >= 0.6 is 0 Å². The van der Waals surface area contributed by atoms with Gasteiger partial charge in [0.2, 0.25) is 5.91 Å². The molecule has 0 aliphatic carbocycles. The van der Waals surface area contributed by atoms with Gasteiger partial charge in [-0.25, -0.2) is 4.79 Å². The smallest absolute Gasteiger partial charge is 0.329 e. The molecule has 1 amide bonds. The second-order valence-electron chi connectivity index (χ2n) is 4.82. The molecule has 0 aliphatic heterocycles. The van der Waals surface area contributed by atoms with E-state index in [-0.39, 0.29) is 0 Å². The highest BCUT2D eigenvalue weighted by molar-refractivity contribution is 5.88. The lowest BCUT2D eigenvalue weighted by atomic mass is 9.93. The summed E-state index contributed by atoms with van der Waals surface area (Å²) in [5, 5.41) is 11.8. The van der Waals surface area contributed by atoms with Crippen LogP contribution in [0, 0.1) is 0 Å². The number of carboxylic acids is 1. The first-order chi connectivity index (χ1) is 8.37. The van der Waals surface area contributed by atoms with E-state index in [1.165, 1.54) is 7.11 Å². The standard InChI is InChI=1S/C13H25NO4/c1-5-6-7-8-9-13(3,12(16)17)14-11(15)10(2)18-4/h10H,5-9H2,1-4H3,(H,14,15)(H,16,17)/t10-,13+/m0/s1. The zero-order chi connectivity index (χ0) is 14.2. The first-order valence-electron chi connectivity index (χ1n) is 6.45. The summed E-state index contributed by atoms with van der Waals surface area (Å²) in [7, 11) is 1.42. The van der Waals surface area contributed by atoms with Crippen LogP contribution in [0.15, 0.2) is 0 Å². The maximum absolute atomic E-state index is 11.7. The summed E-state index contributed by atoms with van der Waals surface area (Å²) in [6.07, 6.45) is 3.74. The molecule has 106 valence electrons. The minimum absolute atomic E-state index is 0.391. The normalized spacial score (nSPS) is 15.8. The molecule has 0 fully saturated rings. The lowest BCUT2D eigenvalue weighted by Gasteiger charge is -2.27. The molecule has 5 heteroatoms. The van der Waals surface area contributed by atoms with Gasteiger partial charge in [0.1, 0.15) is 11.6 Å². The molecule has 0 aromatic carbocycles. The Morgan fingerprint density at radius 3 is 2.39 bits per heavy atom. The fourth-order valence-electron chi connectivity index (χ4n) is 1.61. The number of methoxy groups -OCH3 is 1. The minimum Gasteiger partial charge on any atom is -0.480 e. The molecule has 2 N–H and O–H groups in total. The van der Waals surface area contributed by atoms with Gasteiger partial charge in [0.25, 0.3) is 0 Å². The van der Waals surface area contributed by atoms with Crippen LogP contribution in [0.3, 0.4) is 0 Å². The summed E-state index contributed by atoms with van der Waals surface area (Å²) >= 11 is 0. The van der Waals surface area contributed by atoms with Crippen LogP contribution in [0.2, 0.25) is 0 Å². The van der Waals surface area contributed by atoms with Crippen LogP contribution in [0.25, 0.3) is 0 Å². The number of carbonyl (C=O) groups excluding carboxylic acids is 1. The van der Waals surface area contributed by atoms with Gasteiger partial charge in [0.15, 0.2) is 0 Å². The van der Waals surface area contributed by atoms with Gasteiger partial charge in [-0.1, -0.05) is 32.6 Å². The van der Waals surface area contributed by atoms with Gasteiger partial charge in [-0.05, 0) is 20.3 Å². The Morgan fingerprint density at radius 1 is 1.33 bits per heavy atom. The lowest BCUT2D eigenvalue weighted by molar-refractivity contribution is -0.149. The third-order valence-electron chi connectivity index (χ3n) is 3.12. The van der Waals surface area contributed by atoms with Crippen LogP contribution in [-0.2, 0) is 14.3 Å². The number of hydrogen-bond donors (Lipinski definition) is 2. The number of carboxylic acid groups (broad SMARTS) is 1. The molecular weight excluding hydrogens is 234 g/mol. The van der Waals surface area contributed by atoms with E-state index in [4.69, 9.17) is 4.74 Å². The molecule has 2 atom stereocenters. The van der Waals surface area contributed by atoms with Crippen molar-refractivity contribution < 1.29 is 19.4 Å². The van der Waals surface area contributed by atoms with Gasteiger partial charge in [0.05, 0.1) is 0 Å². The topological polar surface area (TPSA) is 75.6 Å². The number of ether oxygens (including phenoxy) is 1. The summed E-state index contributed by atoms with van der Waals surface area (Å²) in [4.78, 5) is 23.0. The Balaban J connectivity index is 4.43. The third-order valence-corrected chi connectivity index (χ3v) is 3.12. The maximum Gasteiger partial charge on any atom is 0.329 e. The molecule has 0 aromatic rings. The Bertz CT molecular complexity index is 280. The van der Waals surface area contributed by atoms with Crippen LogP contribution in [0.5, 0.6) is 0 Å². The number of amides is 1. The number of rotatable bonds is 9. The summed E-state index contributed by atoms with van der Waals surface area (Å²) < 4.78 is 4.88. The lowest BCUT2D eigenvalue weighted by Crippen LogP contribution is -2.54. The highest BCUT2D eigenvalue weighted by atomic mass is 16.5. The van der Waals surface area contributed by atoms with Crippen molar-refractivity contribution in [1.29, 1.82) is 0 Å². The van der Waals surface area contributed by atoms with Crippen molar-refractivity contribution in [3.63, 3.8) is 0 Å². The molecular formula is C13H25NO4. The largest absolute Gasteiger partial charge is 0.480 e. The number of aliphatic carboxylic acids is 1. The summed E-state index contributed by atoms with van der Waals surface area (Å²) in [5.74, 6) is -1.39. The third kappa shape index (κ3) is 5.49. The quantitative estimate of drug-likeness (QED) is 0.621. The number of hydrogen-bond acceptors (Lipinski definition) is 3. The first kappa shape index (κ1) is 16.9. The first-order valence-corrected chi connectivity index (χ1v) is 6.45. The highest BCUT2D eigenvalue weighted by Crippen LogP contribution is 2.16. The molecule has 0 heterocycles. The Hall–Kier alpha value is -1.10. The molecule has 0 saturated heterocycles. The van der Waals surface area contributed by atoms with Crippen molar-refractivity contribution in [2.75, 3.05) is 7.11 Å². The van der Waals surface area contributed by atoms with E-state index in [9.17, 15) is 14.7 Å². The molecule has 0 aliphatic rings. The summed E-state index contributed by atoms with van der Waals surface area (Å²) in [6, 6.07) is 0. The van der Waals surface area contributed by atoms with E-state index in [2.05, 4.69) is 12.2 Å². The average molecular weight is 259 g/mol. The number of unbranched alkanes of at least 4 members (excludes halogenated alkanes) is 3. The Morgan fingerprint density at radius 2 is 1.94 bits per heavy atom. The van der Waals surface area contributed by atoms with E-state index < -0.39 is 23.5 Å². The van der Waals surface area contributed by atoms with Crippen molar-refractivity contribution in [2.24, 2.45) is 0 Å². The number of nitrogens with one attached hydrogen (secondary N) is 1. The average Bonchev–Trinajstić information content (AvgIpc) is 2.33. The molecule has 0 spiro atoms. The predicted octanol–water partition coefficient (Wildman–Crippen LogP) is 1.95. The molecule has 18 heavy (non-hydrogen) atoms. The second kappa shape index (κ2) is 8.08. The van der Waals surface area contributed by atoms with E-state index in [1.807, 2.05) is 0 Å². The zero-order valence-corrected chi connectivity index (χ0v) is 11.8. The molecule has 0 bridgehead atoms. The molecule has 0 rings (SSSR count). The molecule has 0 saturated carbocycles. The van der Waals surface area contributed by atoms with E-state index in [0.717, 1.165) is 25.7 Å². The minimum atomic E-state index is -1.21. The van der Waals surface area contributed by atoms with Gasteiger partial charge >= 0.3 is 5.97 Å². The van der Waals surface area contributed by atoms with Crippen molar-refractivity contribution in [3.05, 3.63) is 0 Å². The van der Waals surface area contributed by atoms with Crippen LogP contribution in [0.4, 0.5) is 0 Å². The summed E-state index contributed by atoms with van der Waals surface area (Å²) in [6.45, 7) is 5.23. The number of carbonyl (C=O) groups is 2. The Kier molecular flexibility index (Phi) is 7.59. The highest BCUT2D eigenvalue weighted by Gasteiger charge is 2.35. The van der Waals surface area contributed by atoms with Gasteiger partial charge in [0, 0.05) is 7.11 Å². The van der Waals surface area contributed by atoms with Gasteiger partial charge in [-0.3, -0.25) is 4.79 Å². The van der Waals surface area contributed by atoms with Crippen molar-refractivity contribution >= 4 is 11.9 Å².